The van der Waals surface area contributed by atoms with Crippen LogP contribution in [0.1, 0.15) is 13.3 Å². The summed E-state index contributed by atoms with van der Waals surface area (Å²) < 4.78 is 13.0. The standard InChI is InChI=1S/C18H17FN2/c1-2-11-20-16-8-10-18-14(12-16)5-9-17(21-18)13-3-6-15(19)7-4-13/h3-10,12,20H,2,11H2,1H3. The summed E-state index contributed by atoms with van der Waals surface area (Å²) in [6.45, 7) is 3.11. The van der Waals surface area contributed by atoms with Crippen LogP contribution in [-0.4, -0.2) is 11.5 Å². The van der Waals surface area contributed by atoms with E-state index in [1.54, 1.807) is 12.1 Å². The van der Waals surface area contributed by atoms with Gasteiger partial charge in [0.15, 0.2) is 0 Å². The van der Waals surface area contributed by atoms with E-state index >= 15 is 0 Å². The molecule has 0 saturated carbocycles. The van der Waals surface area contributed by atoms with E-state index in [2.05, 4.69) is 29.4 Å². The second-order valence-corrected chi connectivity index (χ2v) is 5.04. The highest BCUT2D eigenvalue weighted by Crippen LogP contribution is 2.23. The predicted octanol–water partition coefficient (Wildman–Crippen LogP) is 4.86. The van der Waals surface area contributed by atoms with Gasteiger partial charge >= 0.3 is 0 Å². The van der Waals surface area contributed by atoms with Gasteiger partial charge in [-0.05, 0) is 55.0 Å². The number of hydrogen-bond acceptors (Lipinski definition) is 2. The van der Waals surface area contributed by atoms with Crippen LogP contribution in [0.5, 0.6) is 0 Å². The molecule has 1 aromatic heterocycles. The smallest absolute Gasteiger partial charge is 0.123 e. The molecule has 21 heavy (non-hydrogen) atoms. The largest absolute Gasteiger partial charge is 0.385 e. The van der Waals surface area contributed by atoms with Crippen LogP contribution < -0.4 is 5.32 Å². The van der Waals surface area contributed by atoms with Crippen LogP contribution in [0, 0.1) is 5.82 Å². The molecule has 0 radical (unpaired) electrons. The minimum Gasteiger partial charge on any atom is -0.385 e. The Morgan fingerprint density at radius 2 is 1.81 bits per heavy atom. The fraction of sp³-hybridized carbons (Fsp3) is 0.167. The molecule has 0 saturated heterocycles. The van der Waals surface area contributed by atoms with Crippen LogP contribution >= 0.6 is 0 Å². The van der Waals surface area contributed by atoms with Crippen molar-refractivity contribution >= 4 is 16.6 Å². The quantitative estimate of drug-likeness (QED) is 0.738. The lowest BCUT2D eigenvalue weighted by Crippen LogP contribution is -1.99. The van der Waals surface area contributed by atoms with Crippen LogP contribution in [0.2, 0.25) is 0 Å². The minimum atomic E-state index is -0.230. The monoisotopic (exact) mass is 280 g/mol. The summed E-state index contributed by atoms with van der Waals surface area (Å²) in [6, 6.07) is 16.6. The zero-order chi connectivity index (χ0) is 14.7. The van der Waals surface area contributed by atoms with Crippen molar-refractivity contribution < 1.29 is 4.39 Å². The van der Waals surface area contributed by atoms with Crippen molar-refractivity contribution in [2.75, 3.05) is 11.9 Å². The van der Waals surface area contributed by atoms with Gasteiger partial charge in [0.2, 0.25) is 0 Å². The number of fused-ring (bicyclic) bond motifs is 1. The first-order chi connectivity index (χ1) is 10.3. The van der Waals surface area contributed by atoms with E-state index in [0.717, 1.165) is 40.8 Å². The highest BCUT2D eigenvalue weighted by Gasteiger charge is 2.03. The first-order valence-electron chi connectivity index (χ1n) is 7.17. The molecule has 0 fully saturated rings. The molecule has 2 aromatic carbocycles. The lowest BCUT2D eigenvalue weighted by Gasteiger charge is -2.07. The van der Waals surface area contributed by atoms with Crippen molar-refractivity contribution in [3.05, 3.63) is 60.4 Å². The zero-order valence-electron chi connectivity index (χ0n) is 11.9. The Hall–Kier alpha value is -2.42. The first-order valence-corrected chi connectivity index (χ1v) is 7.17. The predicted molar refractivity (Wildman–Crippen MR) is 85.9 cm³/mol. The molecular formula is C18H17FN2. The molecule has 0 aliphatic heterocycles. The summed E-state index contributed by atoms with van der Waals surface area (Å²) in [6.07, 6.45) is 1.10. The van der Waals surface area contributed by atoms with Crippen molar-refractivity contribution in [1.82, 2.24) is 4.98 Å². The number of aromatic nitrogens is 1. The van der Waals surface area contributed by atoms with E-state index in [1.165, 1.54) is 12.1 Å². The second kappa shape index (κ2) is 5.92. The summed E-state index contributed by atoms with van der Waals surface area (Å²) in [5.74, 6) is -0.230. The van der Waals surface area contributed by atoms with Crippen LogP contribution in [0.25, 0.3) is 22.2 Å². The van der Waals surface area contributed by atoms with E-state index in [9.17, 15) is 4.39 Å². The van der Waals surface area contributed by atoms with Crippen molar-refractivity contribution in [3.63, 3.8) is 0 Å². The third kappa shape index (κ3) is 3.02. The molecule has 0 aliphatic carbocycles. The third-order valence-corrected chi connectivity index (χ3v) is 3.41. The third-order valence-electron chi connectivity index (χ3n) is 3.41. The van der Waals surface area contributed by atoms with Gasteiger partial charge in [0, 0.05) is 23.2 Å². The molecule has 3 aromatic rings. The van der Waals surface area contributed by atoms with Gasteiger partial charge in [0.25, 0.3) is 0 Å². The van der Waals surface area contributed by atoms with Gasteiger partial charge in [-0.2, -0.15) is 0 Å². The van der Waals surface area contributed by atoms with E-state index in [0.29, 0.717) is 0 Å². The van der Waals surface area contributed by atoms with E-state index < -0.39 is 0 Å². The Labute approximate surface area is 123 Å². The van der Waals surface area contributed by atoms with Crippen LogP contribution in [0.3, 0.4) is 0 Å². The second-order valence-electron chi connectivity index (χ2n) is 5.04. The fourth-order valence-electron chi connectivity index (χ4n) is 2.29. The average Bonchev–Trinajstić information content (AvgIpc) is 2.53. The molecule has 2 nitrogen and oxygen atoms in total. The molecule has 0 unspecified atom stereocenters. The maximum atomic E-state index is 13.0. The molecule has 0 atom stereocenters. The van der Waals surface area contributed by atoms with Crippen molar-refractivity contribution in [1.29, 1.82) is 0 Å². The summed E-state index contributed by atoms with van der Waals surface area (Å²) >= 11 is 0. The van der Waals surface area contributed by atoms with Gasteiger partial charge in [0.05, 0.1) is 11.2 Å². The van der Waals surface area contributed by atoms with Gasteiger partial charge < -0.3 is 5.32 Å². The summed E-state index contributed by atoms with van der Waals surface area (Å²) in [5, 5.41) is 4.47. The Balaban J connectivity index is 1.95. The van der Waals surface area contributed by atoms with Gasteiger partial charge in [-0.3, -0.25) is 0 Å². The number of hydrogen-bond donors (Lipinski definition) is 1. The van der Waals surface area contributed by atoms with E-state index in [-0.39, 0.29) is 5.82 Å². The highest BCUT2D eigenvalue weighted by atomic mass is 19.1. The minimum absolute atomic E-state index is 0.230. The lowest BCUT2D eigenvalue weighted by atomic mass is 10.1. The molecular weight excluding hydrogens is 263 g/mol. The maximum Gasteiger partial charge on any atom is 0.123 e. The number of nitrogens with one attached hydrogen (secondary N) is 1. The molecule has 0 amide bonds. The van der Waals surface area contributed by atoms with E-state index in [4.69, 9.17) is 0 Å². The highest BCUT2D eigenvalue weighted by molar-refractivity contribution is 5.84. The maximum absolute atomic E-state index is 13.0. The summed E-state index contributed by atoms with van der Waals surface area (Å²) in [5.41, 5.74) is 3.84. The van der Waals surface area contributed by atoms with Gasteiger partial charge in [0.1, 0.15) is 5.82 Å². The lowest BCUT2D eigenvalue weighted by molar-refractivity contribution is 0.628. The molecule has 1 heterocycles. The van der Waals surface area contributed by atoms with E-state index in [1.807, 2.05) is 18.2 Å². The molecule has 106 valence electrons. The normalized spacial score (nSPS) is 10.8. The molecule has 0 spiro atoms. The first kappa shape index (κ1) is 13.6. The van der Waals surface area contributed by atoms with Crippen LogP contribution in [-0.2, 0) is 0 Å². The van der Waals surface area contributed by atoms with Gasteiger partial charge in [-0.25, -0.2) is 9.37 Å². The van der Waals surface area contributed by atoms with Gasteiger partial charge in [-0.1, -0.05) is 13.0 Å². The SMILES string of the molecule is CCCNc1ccc2nc(-c3ccc(F)cc3)ccc2c1. The van der Waals surface area contributed by atoms with Crippen molar-refractivity contribution in [3.8, 4) is 11.3 Å². The average molecular weight is 280 g/mol. The Kier molecular flexibility index (Phi) is 3.82. The summed E-state index contributed by atoms with van der Waals surface area (Å²) in [7, 11) is 0. The Bertz CT molecular complexity index is 751. The van der Waals surface area contributed by atoms with Crippen LogP contribution in [0.15, 0.2) is 54.6 Å². The molecule has 1 N–H and O–H groups in total. The Morgan fingerprint density at radius 1 is 1.00 bits per heavy atom. The van der Waals surface area contributed by atoms with Crippen LogP contribution in [0.4, 0.5) is 10.1 Å². The number of nitrogens with zero attached hydrogens (tertiary/aromatic N) is 1. The molecule has 0 bridgehead atoms. The number of halogens is 1. The molecule has 0 aliphatic rings. The Morgan fingerprint density at radius 3 is 2.57 bits per heavy atom. The topological polar surface area (TPSA) is 24.9 Å². The number of anilines is 1. The number of pyridine rings is 1. The zero-order valence-corrected chi connectivity index (χ0v) is 11.9. The van der Waals surface area contributed by atoms with Crippen molar-refractivity contribution in [2.45, 2.75) is 13.3 Å². The molecule has 3 heteroatoms. The molecule has 3 rings (SSSR count). The van der Waals surface area contributed by atoms with Crippen molar-refractivity contribution in [2.24, 2.45) is 0 Å². The number of benzene rings is 2. The fourth-order valence-corrected chi connectivity index (χ4v) is 2.29. The number of rotatable bonds is 4. The van der Waals surface area contributed by atoms with Gasteiger partial charge in [-0.15, -0.1) is 0 Å². The summed E-state index contributed by atoms with van der Waals surface area (Å²) in [4.78, 5) is 4.65.